The molecule has 2 aromatic heterocycles. The summed E-state index contributed by atoms with van der Waals surface area (Å²) in [6, 6.07) is 10.9. The summed E-state index contributed by atoms with van der Waals surface area (Å²) in [5.41, 5.74) is 2.42. The number of rotatable bonds is 5. The Morgan fingerprint density at radius 2 is 2.00 bits per heavy atom. The molecule has 0 bridgehead atoms. The number of carbonyl (C=O) groups excluding carboxylic acids is 2. The molecular formula is C23H23N5O4. The second-order valence-corrected chi connectivity index (χ2v) is 7.72. The van der Waals surface area contributed by atoms with Crippen molar-refractivity contribution in [1.29, 1.82) is 5.26 Å². The molecular weight excluding hydrogens is 410 g/mol. The molecule has 1 aliphatic rings. The van der Waals surface area contributed by atoms with Gasteiger partial charge >= 0.3 is 0 Å². The van der Waals surface area contributed by atoms with Crippen molar-refractivity contribution in [3.05, 3.63) is 47.9 Å². The van der Waals surface area contributed by atoms with Crippen LogP contribution in [0.1, 0.15) is 31.0 Å². The average molecular weight is 433 g/mol. The van der Waals surface area contributed by atoms with Crippen LogP contribution in [0.3, 0.4) is 0 Å². The third-order valence-corrected chi connectivity index (χ3v) is 5.42. The van der Waals surface area contributed by atoms with Gasteiger partial charge in [-0.05, 0) is 49.6 Å². The fourth-order valence-corrected chi connectivity index (χ4v) is 3.72. The highest BCUT2D eigenvalue weighted by molar-refractivity contribution is 5.95. The molecule has 0 saturated carbocycles. The van der Waals surface area contributed by atoms with Crippen LogP contribution in [-0.4, -0.2) is 29.9 Å². The van der Waals surface area contributed by atoms with Crippen molar-refractivity contribution in [3.8, 4) is 17.7 Å². The lowest BCUT2D eigenvalue weighted by molar-refractivity contribution is -0.120. The molecule has 0 spiro atoms. The van der Waals surface area contributed by atoms with Gasteiger partial charge in [-0.1, -0.05) is 6.07 Å². The highest BCUT2D eigenvalue weighted by Crippen LogP contribution is 2.31. The quantitative estimate of drug-likeness (QED) is 0.625. The number of carbonyl (C=O) groups is 2. The van der Waals surface area contributed by atoms with Gasteiger partial charge in [-0.3, -0.25) is 9.59 Å². The van der Waals surface area contributed by atoms with Crippen molar-refractivity contribution < 1.29 is 18.4 Å². The van der Waals surface area contributed by atoms with E-state index in [9.17, 15) is 14.9 Å². The summed E-state index contributed by atoms with van der Waals surface area (Å²) in [7, 11) is 0. The van der Waals surface area contributed by atoms with Gasteiger partial charge in [0.15, 0.2) is 5.76 Å². The summed E-state index contributed by atoms with van der Waals surface area (Å²) in [6.45, 7) is 4.46. The number of furan rings is 1. The number of anilines is 3. The largest absolute Gasteiger partial charge is 0.459 e. The molecule has 3 heterocycles. The lowest BCUT2D eigenvalue weighted by Gasteiger charge is -2.31. The molecule has 0 aliphatic carbocycles. The number of amides is 2. The zero-order chi connectivity index (χ0) is 22.7. The Morgan fingerprint density at radius 3 is 2.66 bits per heavy atom. The number of piperidine rings is 1. The molecule has 9 heteroatoms. The van der Waals surface area contributed by atoms with E-state index >= 15 is 0 Å². The van der Waals surface area contributed by atoms with E-state index in [1.165, 1.54) is 13.2 Å². The summed E-state index contributed by atoms with van der Waals surface area (Å²) in [4.78, 5) is 30.3. The molecule has 164 valence electrons. The minimum absolute atomic E-state index is 0.0726. The Bertz CT molecular complexity index is 1170. The smallest absolute Gasteiger partial charge is 0.266 e. The summed E-state index contributed by atoms with van der Waals surface area (Å²) in [5, 5.41) is 15.2. The first kappa shape index (κ1) is 21.2. The summed E-state index contributed by atoms with van der Waals surface area (Å²) < 4.78 is 11.1. The molecule has 1 fully saturated rings. The van der Waals surface area contributed by atoms with Crippen LogP contribution >= 0.6 is 0 Å². The summed E-state index contributed by atoms with van der Waals surface area (Å²) >= 11 is 0. The maximum atomic E-state index is 12.8. The molecule has 4 rings (SSSR count). The number of nitrogens with one attached hydrogen (secondary N) is 2. The van der Waals surface area contributed by atoms with Crippen molar-refractivity contribution in [1.82, 2.24) is 4.98 Å². The number of nitrogens with zero attached hydrogens (tertiary/aromatic N) is 3. The fraction of sp³-hybridized carbons (Fsp3) is 0.304. The van der Waals surface area contributed by atoms with Crippen molar-refractivity contribution in [3.63, 3.8) is 0 Å². The first-order valence-electron chi connectivity index (χ1n) is 10.3. The van der Waals surface area contributed by atoms with Gasteiger partial charge in [0.25, 0.3) is 5.89 Å². The third kappa shape index (κ3) is 4.49. The SMILES string of the molecule is CC(=O)Nc1cc(NC(=O)C2CCN(c3oc(-c4ccco4)nc3C#N)CC2)ccc1C. The lowest BCUT2D eigenvalue weighted by Crippen LogP contribution is -2.38. The van der Waals surface area contributed by atoms with Gasteiger partial charge in [0.2, 0.25) is 23.4 Å². The van der Waals surface area contributed by atoms with Crippen LogP contribution in [0.2, 0.25) is 0 Å². The van der Waals surface area contributed by atoms with Gasteiger partial charge < -0.3 is 24.4 Å². The van der Waals surface area contributed by atoms with Crippen molar-refractivity contribution in [2.24, 2.45) is 5.92 Å². The number of aryl methyl sites for hydroxylation is 1. The van der Waals surface area contributed by atoms with Crippen LogP contribution in [-0.2, 0) is 9.59 Å². The molecule has 0 unspecified atom stereocenters. The number of aromatic nitrogens is 1. The second-order valence-electron chi connectivity index (χ2n) is 7.72. The van der Waals surface area contributed by atoms with E-state index in [0.717, 1.165) is 5.56 Å². The van der Waals surface area contributed by atoms with Gasteiger partial charge in [-0.15, -0.1) is 0 Å². The molecule has 1 aromatic carbocycles. The molecule has 3 aromatic rings. The zero-order valence-corrected chi connectivity index (χ0v) is 17.8. The van der Waals surface area contributed by atoms with Crippen LogP contribution in [0.15, 0.2) is 45.4 Å². The normalized spacial score (nSPS) is 14.1. The predicted molar refractivity (Wildman–Crippen MR) is 118 cm³/mol. The second kappa shape index (κ2) is 8.98. The number of nitriles is 1. The first-order valence-corrected chi connectivity index (χ1v) is 10.3. The Kier molecular flexibility index (Phi) is 5.94. The van der Waals surface area contributed by atoms with Crippen LogP contribution in [0, 0.1) is 24.2 Å². The predicted octanol–water partition coefficient (Wildman–Crippen LogP) is 3.93. The summed E-state index contributed by atoms with van der Waals surface area (Å²) in [5.74, 6) is 0.709. The Labute approximate surface area is 185 Å². The molecule has 0 radical (unpaired) electrons. The van der Waals surface area contributed by atoms with Crippen molar-refractivity contribution in [2.75, 3.05) is 28.6 Å². The topological polar surface area (TPSA) is 124 Å². The molecule has 2 amide bonds. The third-order valence-electron chi connectivity index (χ3n) is 5.42. The molecule has 9 nitrogen and oxygen atoms in total. The van der Waals surface area contributed by atoms with E-state index in [-0.39, 0.29) is 29.3 Å². The molecule has 32 heavy (non-hydrogen) atoms. The number of hydrogen-bond acceptors (Lipinski definition) is 7. The highest BCUT2D eigenvalue weighted by atomic mass is 16.4. The highest BCUT2D eigenvalue weighted by Gasteiger charge is 2.29. The fourth-order valence-electron chi connectivity index (χ4n) is 3.72. The van der Waals surface area contributed by atoms with Gasteiger partial charge in [-0.2, -0.15) is 10.2 Å². The maximum Gasteiger partial charge on any atom is 0.266 e. The van der Waals surface area contributed by atoms with Gasteiger partial charge in [0, 0.05) is 37.3 Å². The minimum atomic E-state index is -0.172. The lowest BCUT2D eigenvalue weighted by atomic mass is 9.95. The Balaban J connectivity index is 1.40. The first-order chi connectivity index (χ1) is 15.4. The van der Waals surface area contributed by atoms with Crippen LogP contribution in [0.25, 0.3) is 11.7 Å². The summed E-state index contributed by atoms with van der Waals surface area (Å²) in [6.07, 6.45) is 2.73. The molecule has 1 aliphatic heterocycles. The van der Waals surface area contributed by atoms with Gasteiger partial charge in [0.1, 0.15) is 6.07 Å². The van der Waals surface area contributed by atoms with Gasteiger partial charge in [0.05, 0.1) is 6.26 Å². The van der Waals surface area contributed by atoms with Gasteiger partial charge in [-0.25, -0.2) is 0 Å². The number of benzene rings is 1. The van der Waals surface area contributed by atoms with Crippen LogP contribution < -0.4 is 15.5 Å². The maximum absolute atomic E-state index is 12.8. The van der Waals surface area contributed by atoms with Crippen molar-refractivity contribution in [2.45, 2.75) is 26.7 Å². The molecule has 0 atom stereocenters. The van der Waals surface area contributed by atoms with Crippen LogP contribution in [0.5, 0.6) is 0 Å². The van der Waals surface area contributed by atoms with E-state index in [1.54, 1.807) is 18.2 Å². The molecule has 1 saturated heterocycles. The monoisotopic (exact) mass is 433 g/mol. The zero-order valence-electron chi connectivity index (χ0n) is 17.8. The Hall–Kier alpha value is -4.06. The number of hydrogen-bond donors (Lipinski definition) is 2. The van der Waals surface area contributed by atoms with E-state index in [2.05, 4.69) is 21.7 Å². The van der Waals surface area contributed by atoms with E-state index in [4.69, 9.17) is 8.83 Å². The Morgan fingerprint density at radius 1 is 1.22 bits per heavy atom. The van der Waals surface area contributed by atoms with E-state index < -0.39 is 0 Å². The van der Waals surface area contributed by atoms with E-state index in [0.29, 0.717) is 49.0 Å². The van der Waals surface area contributed by atoms with E-state index in [1.807, 2.05) is 24.0 Å². The standard InChI is InChI=1S/C23H23N5O4/c1-14-5-6-17(12-18(14)25-15(2)29)26-21(30)16-7-9-28(10-8-16)23-19(13-24)27-22(32-23)20-4-3-11-31-20/h3-6,11-12,16H,7-10H2,1-2H3,(H,25,29)(H,26,30). The molecule has 2 N–H and O–H groups in total. The average Bonchev–Trinajstić information content (AvgIpc) is 3.45. The van der Waals surface area contributed by atoms with Crippen molar-refractivity contribution >= 4 is 29.1 Å². The van der Waals surface area contributed by atoms with Crippen LogP contribution in [0.4, 0.5) is 17.3 Å². The minimum Gasteiger partial charge on any atom is -0.459 e. The number of oxazole rings is 1.